The van der Waals surface area contributed by atoms with E-state index in [-0.39, 0.29) is 0 Å². The average molecular weight is 409 g/mol. The van der Waals surface area contributed by atoms with Crippen LogP contribution >= 0.6 is 0 Å². The molecule has 2 heteroatoms. The number of benzene rings is 4. The van der Waals surface area contributed by atoms with Gasteiger partial charge >= 0.3 is 0 Å². The summed E-state index contributed by atoms with van der Waals surface area (Å²) in [6.45, 7) is 3.73. The molecule has 156 valence electrons. The first-order chi connectivity index (χ1) is 15.3. The summed E-state index contributed by atoms with van der Waals surface area (Å²) in [5, 5.41) is 0. The van der Waals surface area contributed by atoms with Crippen LogP contribution in [0.25, 0.3) is 0 Å². The average Bonchev–Trinajstić information content (AvgIpc) is 2.84. The predicted molar refractivity (Wildman–Crippen MR) is 127 cm³/mol. The van der Waals surface area contributed by atoms with Gasteiger partial charge in [0.05, 0.1) is 6.54 Å². The van der Waals surface area contributed by atoms with E-state index in [4.69, 9.17) is 4.74 Å². The van der Waals surface area contributed by atoms with Crippen molar-refractivity contribution in [3.8, 4) is 5.75 Å². The van der Waals surface area contributed by atoms with Gasteiger partial charge in [-0.2, -0.15) is 0 Å². The Morgan fingerprint density at radius 3 is 1.55 bits per heavy atom. The van der Waals surface area contributed by atoms with Gasteiger partial charge in [0.1, 0.15) is 25.4 Å². The summed E-state index contributed by atoms with van der Waals surface area (Å²) in [6, 6.07) is 40.4. The monoisotopic (exact) mass is 408 g/mol. The maximum atomic E-state index is 5.95. The lowest BCUT2D eigenvalue weighted by Crippen LogP contribution is -3.09. The highest BCUT2D eigenvalue weighted by molar-refractivity contribution is 5.27. The Morgan fingerprint density at radius 2 is 0.968 bits per heavy atom. The van der Waals surface area contributed by atoms with Crippen LogP contribution in [0.3, 0.4) is 0 Å². The summed E-state index contributed by atoms with van der Waals surface area (Å²) in [4.78, 5) is 1.56. The van der Waals surface area contributed by atoms with Crippen LogP contribution in [0.15, 0.2) is 115 Å². The highest BCUT2D eigenvalue weighted by Gasteiger charge is 2.11. The maximum absolute atomic E-state index is 5.95. The first kappa shape index (κ1) is 20.9. The van der Waals surface area contributed by atoms with Crippen molar-refractivity contribution in [2.75, 3.05) is 6.54 Å². The second-order valence-electron chi connectivity index (χ2n) is 7.99. The lowest BCUT2D eigenvalue weighted by molar-refractivity contribution is -0.927. The fourth-order valence-corrected chi connectivity index (χ4v) is 3.82. The molecule has 0 amide bonds. The third-order valence-electron chi connectivity index (χ3n) is 5.53. The van der Waals surface area contributed by atoms with Crippen LogP contribution in [0, 0.1) is 0 Å². The molecular weight excluding hydrogens is 378 g/mol. The number of hydrogen-bond donors (Lipinski definition) is 1. The van der Waals surface area contributed by atoms with Crippen molar-refractivity contribution in [3.05, 3.63) is 138 Å². The normalized spacial score (nSPS) is 11.7. The Hall–Kier alpha value is -3.36. The predicted octanol–water partition coefficient (Wildman–Crippen LogP) is 5.09. The molecule has 0 aliphatic rings. The number of rotatable bonds is 10. The molecule has 0 spiro atoms. The molecule has 4 aromatic rings. The molecule has 0 heterocycles. The Balaban J connectivity index is 1.38. The summed E-state index contributed by atoms with van der Waals surface area (Å²) in [5.74, 6) is 0.918. The van der Waals surface area contributed by atoms with E-state index in [1.807, 2.05) is 18.2 Å². The molecule has 0 aliphatic carbocycles. The number of hydrogen-bond acceptors (Lipinski definition) is 1. The van der Waals surface area contributed by atoms with Gasteiger partial charge in [-0.3, -0.25) is 0 Å². The summed E-state index contributed by atoms with van der Waals surface area (Å²) in [6.07, 6.45) is 1.08. The molecule has 31 heavy (non-hydrogen) atoms. The number of nitrogens with one attached hydrogen (secondary N) is 1. The molecule has 1 N–H and O–H groups in total. The van der Waals surface area contributed by atoms with Gasteiger partial charge in [-0.05, 0) is 35.4 Å². The van der Waals surface area contributed by atoms with Gasteiger partial charge in [-0.15, -0.1) is 0 Å². The zero-order chi connectivity index (χ0) is 21.1. The molecule has 4 aromatic carbocycles. The van der Waals surface area contributed by atoms with E-state index in [2.05, 4.69) is 97.1 Å². The fourth-order valence-electron chi connectivity index (χ4n) is 3.82. The van der Waals surface area contributed by atoms with Crippen molar-refractivity contribution in [2.24, 2.45) is 0 Å². The minimum atomic E-state index is 0.600. The van der Waals surface area contributed by atoms with Gasteiger partial charge in [-0.25, -0.2) is 0 Å². The molecule has 0 radical (unpaired) electrons. The van der Waals surface area contributed by atoms with E-state index in [1.54, 1.807) is 4.90 Å². The van der Waals surface area contributed by atoms with Gasteiger partial charge in [0.15, 0.2) is 0 Å². The van der Waals surface area contributed by atoms with Crippen molar-refractivity contribution in [3.63, 3.8) is 0 Å². The van der Waals surface area contributed by atoms with Crippen molar-refractivity contribution in [2.45, 2.75) is 26.1 Å². The van der Waals surface area contributed by atoms with Crippen LogP contribution in [0.4, 0.5) is 0 Å². The highest BCUT2D eigenvalue weighted by atomic mass is 16.5. The molecule has 4 rings (SSSR count). The van der Waals surface area contributed by atoms with Gasteiger partial charge in [0.2, 0.25) is 0 Å². The van der Waals surface area contributed by atoms with Crippen LogP contribution in [0.5, 0.6) is 5.75 Å². The standard InChI is InChI=1S/C29H29NO/c1-4-10-25(11-5-1)20-21-30(22-26-12-6-2-7-13-26)23-27-16-18-29(19-17-27)31-24-28-14-8-3-9-15-28/h1-19H,20-24H2/p+1. The molecule has 0 saturated heterocycles. The quantitative estimate of drug-likeness (QED) is 0.386. The lowest BCUT2D eigenvalue weighted by Gasteiger charge is -2.20. The minimum Gasteiger partial charge on any atom is -0.489 e. The lowest BCUT2D eigenvalue weighted by atomic mass is 10.1. The topological polar surface area (TPSA) is 13.7 Å². The zero-order valence-electron chi connectivity index (χ0n) is 17.9. The molecule has 2 nitrogen and oxygen atoms in total. The smallest absolute Gasteiger partial charge is 0.119 e. The number of quaternary nitrogens is 1. The third-order valence-corrected chi connectivity index (χ3v) is 5.53. The SMILES string of the molecule is c1ccc(CC[NH+](Cc2ccccc2)Cc2ccc(OCc3ccccc3)cc2)cc1. The second-order valence-corrected chi connectivity index (χ2v) is 7.99. The molecule has 0 aromatic heterocycles. The molecule has 0 bridgehead atoms. The third kappa shape index (κ3) is 6.84. The molecule has 1 unspecified atom stereocenters. The summed E-state index contributed by atoms with van der Waals surface area (Å²) in [5.41, 5.74) is 5.31. The van der Waals surface area contributed by atoms with E-state index >= 15 is 0 Å². The Kier molecular flexibility index (Phi) is 7.51. The first-order valence-corrected chi connectivity index (χ1v) is 11.0. The van der Waals surface area contributed by atoms with Crippen LogP contribution in [-0.2, 0) is 26.1 Å². The molecule has 0 fully saturated rings. The minimum absolute atomic E-state index is 0.600. The van der Waals surface area contributed by atoms with E-state index in [0.717, 1.165) is 31.8 Å². The molecule has 0 aliphatic heterocycles. The molecule has 1 atom stereocenters. The van der Waals surface area contributed by atoms with Crippen LogP contribution in [0.1, 0.15) is 22.3 Å². The van der Waals surface area contributed by atoms with Gasteiger partial charge in [0, 0.05) is 17.5 Å². The first-order valence-electron chi connectivity index (χ1n) is 11.0. The van der Waals surface area contributed by atoms with Gasteiger partial charge in [0.25, 0.3) is 0 Å². The largest absolute Gasteiger partial charge is 0.489 e. The van der Waals surface area contributed by atoms with E-state index < -0.39 is 0 Å². The number of ether oxygens (including phenoxy) is 1. The summed E-state index contributed by atoms with van der Waals surface area (Å²) >= 11 is 0. The summed E-state index contributed by atoms with van der Waals surface area (Å²) in [7, 11) is 0. The fraction of sp³-hybridized carbons (Fsp3) is 0.172. The van der Waals surface area contributed by atoms with Crippen molar-refractivity contribution in [1.29, 1.82) is 0 Å². The Morgan fingerprint density at radius 1 is 0.484 bits per heavy atom. The van der Waals surface area contributed by atoms with Crippen LogP contribution in [-0.4, -0.2) is 6.54 Å². The Bertz CT molecular complexity index is 1010. The Labute approximate surface area is 185 Å². The summed E-state index contributed by atoms with van der Waals surface area (Å²) < 4.78 is 5.95. The highest BCUT2D eigenvalue weighted by Crippen LogP contribution is 2.14. The van der Waals surface area contributed by atoms with E-state index in [9.17, 15) is 0 Å². The van der Waals surface area contributed by atoms with Gasteiger partial charge < -0.3 is 9.64 Å². The van der Waals surface area contributed by atoms with Crippen LogP contribution < -0.4 is 9.64 Å². The van der Waals surface area contributed by atoms with Crippen molar-refractivity contribution < 1.29 is 9.64 Å². The van der Waals surface area contributed by atoms with Crippen molar-refractivity contribution in [1.82, 2.24) is 0 Å². The maximum Gasteiger partial charge on any atom is 0.119 e. The van der Waals surface area contributed by atoms with Crippen molar-refractivity contribution >= 4 is 0 Å². The van der Waals surface area contributed by atoms with E-state index in [0.29, 0.717) is 6.61 Å². The zero-order valence-corrected chi connectivity index (χ0v) is 17.9. The van der Waals surface area contributed by atoms with E-state index in [1.165, 1.54) is 22.3 Å². The molecular formula is C29H30NO+. The molecule has 0 saturated carbocycles. The van der Waals surface area contributed by atoms with Gasteiger partial charge in [-0.1, -0.05) is 91.0 Å². The van der Waals surface area contributed by atoms with Crippen LogP contribution in [0.2, 0.25) is 0 Å². The second kappa shape index (κ2) is 11.1.